The van der Waals surface area contributed by atoms with Crippen molar-refractivity contribution in [3.8, 4) is 5.75 Å². The molecule has 1 atom stereocenters. The third kappa shape index (κ3) is 6.59. The Balaban J connectivity index is 1.79. The molecule has 0 radical (unpaired) electrons. The Kier molecular flexibility index (Phi) is 7.48. The molecule has 4 heteroatoms. The summed E-state index contributed by atoms with van der Waals surface area (Å²) in [4.78, 5) is 11.2. The normalized spacial score (nSPS) is 12.1. The highest BCUT2D eigenvalue weighted by Gasteiger charge is 2.20. The summed E-state index contributed by atoms with van der Waals surface area (Å²) in [6, 6.07) is 17.6. The van der Waals surface area contributed by atoms with E-state index in [1.54, 1.807) is 0 Å². The highest BCUT2D eigenvalue weighted by atomic mass is 16.5. The van der Waals surface area contributed by atoms with Crippen molar-refractivity contribution in [3.63, 3.8) is 0 Å². The first-order valence-corrected chi connectivity index (χ1v) is 8.78. The zero-order valence-corrected chi connectivity index (χ0v) is 14.9. The monoisotopic (exact) mass is 341 g/mol. The molecule has 134 valence electrons. The van der Waals surface area contributed by atoms with Crippen LogP contribution in [0.5, 0.6) is 5.75 Å². The van der Waals surface area contributed by atoms with Gasteiger partial charge in [-0.05, 0) is 42.0 Å². The number of ether oxygens (including phenoxy) is 1. The molecule has 0 bridgehead atoms. The van der Waals surface area contributed by atoms with Crippen LogP contribution in [0.2, 0.25) is 0 Å². The van der Waals surface area contributed by atoms with Crippen LogP contribution in [0.4, 0.5) is 0 Å². The Labute approximate surface area is 149 Å². The number of aliphatic carboxylic acids is 1. The second kappa shape index (κ2) is 9.84. The van der Waals surface area contributed by atoms with Crippen LogP contribution in [-0.4, -0.2) is 23.7 Å². The van der Waals surface area contributed by atoms with Gasteiger partial charge in [0.2, 0.25) is 0 Å². The lowest BCUT2D eigenvalue weighted by molar-refractivity contribution is -0.140. The first kappa shape index (κ1) is 19.0. The summed E-state index contributed by atoms with van der Waals surface area (Å²) in [6.07, 6.45) is 1.96. The lowest BCUT2D eigenvalue weighted by Gasteiger charge is -2.18. The van der Waals surface area contributed by atoms with Gasteiger partial charge in [0, 0.05) is 6.54 Å². The molecule has 25 heavy (non-hydrogen) atoms. The Bertz CT molecular complexity index is 655. The summed E-state index contributed by atoms with van der Waals surface area (Å²) in [5.74, 6) is 0.0435. The fourth-order valence-electron chi connectivity index (χ4n) is 2.69. The number of carboxylic acids is 1. The molecular weight excluding hydrogens is 314 g/mol. The molecule has 0 aliphatic carbocycles. The number of hydrogen-bond acceptors (Lipinski definition) is 3. The predicted octanol–water partition coefficient (Wildman–Crippen LogP) is 3.90. The van der Waals surface area contributed by atoms with Crippen molar-refractivity contribution in [2.24, 2.45) is 5.92 Å². The van der Waals surface area contributed by atoms with E-state index in [4.69, 9.17) is 4.74 Å². The van der Waals surface area contributed by atoms with Crippen LogP contribution in [0, 0.1) is 5.92 Å². The van der Waals surface area contributed by atoms with E-state index in [2.05, 4.69) is 17.4 Å². The highest BCUT2D eigenvalue weighted by Crippen LogP contribution is 2.15. The quantitative estimate of drug-likeness (QED) is 0.644. The van der Waals surface area contributed by atoms with E-state index in [1.165, 1.54) is 5.56 Å². The van der Waals surface area contributed by atoms with Crippen LogP contribution < -0.4 is 10.1 Å². The topological polar surface area (TPSA) is 58.6 Å². The van der Waals surface area contributed by atoms with Crippen molar-refractivity contribution >= 4 is 5.97 Å². The van der Waals surface area contributed by atoms with Gasteiger partial charge in [-0.2, -0.15) is 0 Å². The molecule has 0 spiro atoms. The molecule has 0 heterocycles. The van der Waals surface area contributed by atoms with E-state index in [0.29, 0.717) is 13.2 Å². The van der Waals surface area contributed by atoms with Crippen LogP contribution in [0.15, 0.2) is 54.6 Å². The molecule has 2 rings (SSSR count). The van der Waals surface area contributed by atoms with Gasteiger partial charge in [0.05, 0.1) is 6.61 Å². The fourth-order valence-corrected chi connectivity index (χ4v) is 2.69. The standard InChI is InChI=1S/C21H27NO3/c1-16(2)20(21(23)24)22-15-18-10-6-12-19(14-18)25-13-7-11-17-8-4-3-5-9-17/h3-6,8-10,12,14,16,20,22H,7,11,13,15H2,1-2H3,(H,23,24)/t20-/m1/s1. The van der Waals surface area contributed by atoms with E-state index in [0.717, 1.165) is 24.2 Å². The van der Waals surface area contributed by atoms with Crippen LogP contribution in [0.1, 0.15) is 31.4 Å². The van der Waals surface area contributed by atoms with Gasteiger partial charge >= 0.3 is 5.97 Å². The summed E-state index contributed by atoms with van der Waals surface area (Å²) >= 11 is 0. The zero-order valence-electron chi connectivity index (χ0n) is 14.9. The van der Waals surface area contributed by atoms with Crippen molar-refractivity contribution in [3.05, 3.63) is 65.7 Å². The number of benzene rings is 2. The number of nitrogens with one attached hydrogen (secondary N) is 1. The maximum Gasteiger partial charge on any atom is 0.320 e. The molecule has 0 saturated heterocycles. The van der Waals surface area contributed by atoms with Crippen LogP contribution in [0.25, 0.3) is 0 Å². The molecule has 2 aromatic carbocycles. The average molecular weight is 341 g/mol. The lowest BCUT2D eigenvalue weighted by atomic mass is 10.0. The Morgan fingerprint density at radius 2 is 1.80 bits per heavy atom. The third-order valence-corrected chi connectivity index (χ3v) is 4.08. The summed E-state index contributed by atoms with van der Waals surface area (Å²) in [7, 11) is 0. The molecule has 0 aliphatic heterocycles. The maximum absolute atomic E-state index is 11.2. The van der Waals surface area contributed by atoms with Gasteiger partial charge in [0.25, 0.3) is 0 Å². The van der Waals surface area contributed by atoms with Gasteiger partial charge in [0.15, 0.2) is 0 Å². The summed E-state index contributed by atoms with van der Waals surface area (Å²) in [6.45, 7) is 4.97. The molecule has 0 amide bonds. The van der Waals surface area contributed by atoms with Crippen LogP contribution >= 0.6 is 0 Å². The number of carbonyl (C=O) groups is 1. The molecule has 0 unspecified atom stereocenters. The smallest absolute Gasteiger partial charge is 0.320 e. The number of aryl methyl sites for hydroxylation is 1. The molecule has 2 aromatic rings. The van der Waals surface area contributed by atoms with Crippen molar-refractivity contribution in [2.45, 2.75) is 39.3 Å². The Hall–Kier alpha value is -2.33. The molecule has 4 nitrogen and oxygen atoms in total. The summed E-state index contributed by atoms with van der Waals surface area (Å²) in [5.41, 5.74) is 2.34. The zero-order chi connectivity index (χ0) is 18.1. The molecule has 0 aliphatic rings. The molecule has 0 aromatic heterocycles. The van der Waals surface area contributed by atoms with Gasteiger partial charge in [-0.1, -0.05) is 56.3 Å². The van der Waals surface area contributed by atoms with Gasteiger partial charge < -0.3 is 15.2 Å². The van der Waals surface area contributed by atoms with Gasteiger partial charge in [-0.15, -0.1) is 0 Å². The van der Waals surface area contributed by atoms with Crippen LogP contribution in [-0.2, 0) is 17.8 Å². The van der Waals surface area contributed by atoms with E-state index in [1.807, 2.05) is 56.3 Å². The number of rotatable bonds is 10. The number of carboxylic acid groups (broad SMARTS) is 1. The molecular formula is C21H27NO3. The number of hydrogen-bond donors (Lipinski definition) is 2. The van der Waals surface area contributed by atoms with E-state index < -0.39 is 12.0 Å². The average Bonchev–Trinajstić information content (AvgIpc) is 2.59. The highest BCUT2D eigenvalue weighted by molar-refractivity contribution is 5.73. The minimum Gasteiger partial charge on any atom is -0.494 e. The van der Waals surface area contributed by atoms with Gasteiger partial charge in [-0.25, -0.2) is 0 Å². The third-order valence-electron chi connectivity index (χ3n) is 4.08. The Morgan fingerprint density at radius 3 is 2.48 bits per heavy atom. The van der Waals surface area contributed by atoms with Crippen molar-refractivity contribution in [1.29, 1.82) is 0 Å². The van der Waals surface area contributed by atoms with E-state index in [-0.39, 0.29) is 5.92 Å². The summed E-state index contributed by atoms with van der Waals surface area (Å²) in [5, 5.41) is 12.3. The van der Waals surface area contributed by atoms with Crippen molar-refractivity contribution < 1.29 is 14.6 Å². The minimum absolute atomic E-state index is 0.0370. The van der Waals surface area contributed by atoms with Crippen molar-refractivity contribution in [2.75, 3.05) is 6.61 Å². The maximum atomic E-state index is 11.2. The summed E-state index contributed by atoms with van der Waals surface area (Å²) < 4.78 is 5.83. The fraction of sp³-hybridized carbons (Fsp3) is 0.381. The molecule has 0 saturated carbocycles. The molecule has 0 fully saturated rings. The van der Waals surface area contributed by atoms with Crippen LogP contribution in [0.3, 0.4) is 0 Å². The SMILES string of the molecule is CC(C)[C@@H](NCc1cccc(OCCCc2ccccc2)c1)C(=O)O. The van der Waals surface area contributed by atoms with Gasteiger partial charge in [-0.3, -0.25) is 4.79 Å². The van der Waals surface area contributed by atoms with E-state index in [9.17, 15) is 9.90 Å². The first-order chi connectivity index (χ1) is 12.1. The second-order valence-corrected chi connectivity index (χ2v) is 6.53. The van der Waals surface area contributed by atoms with Crippen molar-refractivity contribution in [1.82, 2.24) is 5.32 Å². The lowest BCUT2D eigenvalue weighted by Crippen LogP contribution is -2.40. The first-order valence-electron chi connectivity index (χ1n) is 8.78. The largest absolute Gasteiger partial charge is 0.494 e. The predicted molar refractivity (Wildman–Crippen MR) is 99.8 cm³/mol. The minimum atomic E-state index is -0.816. The second-order valence-electron chi connectivity index (χ2n) is 6.53. The van der Waals surface area contributed by atoms with Gasteiger partial charge in [0.1, 0.15) is 11.8 Å². The van der Waals surface area contributed by atoms with E-state index >= 15 is 0 Å². The Morgan fingerprint density at radius 1 is 1.08 bits per heavy atom. The molecule has 2 N–H and O–H groups in total.